The van der Waals surface area contributed by atoms with Gasteiger partial charge in [-0.2, -0.15) is 0 Å². The minimum absolute atomic E-state index is 0.234. The van der Waals surface area contributed by atoms with Gasteiger partial charge in [0.05, 0.1) is 6.54 Å². The van der Waals surface area contributed by atoms with Crippen molar-refractivity contribution in [1.82, 2.24) is 9.47 Å². The Morgan fingerprint density at radius 3 is 2.27 bits per heavy atom. The van der Waals surface area contributed by atoms with Gasteiger partial charge in [-0.05, 0) is 35.7 Å². The van der Waals surface area contributed by atoms with Crippen LogP contribution < -0.4 is 0 Å². The van der Waals surface area contributed by atoms with E-state index in [0.29, 0.717) is 26.1 Å². The number of carbonyl (C=O) groups is 1. The third-order valence-electron chi connectivity index (χ3n) is 6.14. The first-order valence-corrected chi connectivity index (χ1v) is 12.7. The number of nitrogens with zero attached hydrogens (tertiary/aromatic N) is 2. The Bertz CT molecular complexity index is 967. The monoisotopic (exact) mass is 464 g/mol. The van der Waals surface area contributed by atoms with E-state index in [2.05, 4.69) is 42.0 Å². The number of benzene rings is 2. The van der Waals surface area contributed by atoms with Crippen molar-refractivity contribution in [3.05, 3.63) is 94.8 Å². The first-order chi connectivity index (χ1) is 16.2. The quantitative estimate of drug-likeness (QED) is 0.223. The first-order valence-electron chi connectivity index (χ1n) is 12.4. The van der Waals surface area contributed by atoms with E-state index >= 15 is 0 Å². The van der Waals surface area contributed by atoms with Gasteiger partial charge in [0, 0.05) is 36.4 Å². The van der Waals surface area contributed by atoms with Crippen molar-refractivity contribution in [3.63, 3.8) is 0 Å². The molecule has 4 heteroatoms. The normalized spacial score (nSPS) is 11.0. The highest BCUT2D eigenvalue weighted by Gasteiger charge is 2.16. The van der Waals surface area contributed by atoms with Crippen molar-refractivity contribution in [2.24, 2.45) is 0 Å². The second-order valence-electron chi connectivity index (χ2n) is 8.83. The summed E-state index contributed by atoms with van der Waals surface area (Å²) in [6, 6.07) is 22.4. The maximum atomic E-state index is 13.2. The van der Waals surface area contributed by atoms with Gasteiger partial charge in [-0.15, -0.1) is 0 Å². The molecule has 0 atom stereocenters. The van der Waals surface area contributed by atoms with Gasteiger partial charge in [0.2, 0.25) is 5.91 Å². The topological polar surface area (TPSA) is 25.2 Å². The molecule has 2 aromatic carbocycles. The average Bonchev–Trinajstić information content (AvgIpc) is 3.26. The van der Waals surface area contributed by atoms with Gasteiger partial charge >= 0.3 is 0 Å². The molecule has 0 unspecified atom stereocenters. The molecule has 33 heavy (non-hydrogen) atoms. The summed E-state index contributed by atoms with van der Waals surface area (Å²) in [5.41, 5.74) is 3.37. The van der Waals surface area contributed by atoms with Gasteiger partial charge in [-0.3, -0.25) is 4.79 Å². The molecule has 0 spiro atoms. The summed E-state index contributed by atoms with van der Waals surface area (Å²) in [4.78, 5) is 15.2. The van der Waals surface area contributed by atoms with Crippen molar-refractivity contribution >= 4 is 17.5 Å². The number of amides is 1. The van der Waals surface area contributed by atoms with Gasteiger partial charge in [0.15, 0.2) is 0 Å². The molecule has 0 aliphatic carbocycles. The maximum Gasteiger partial charge on any atom is 0.223 e. The van der Waals surface area contributed by atoms with Crippen LogP contribution >= 0.6 is 11.6 Å². The van der Waals surface area contributed by atoms with Crippen molar-refractivity contribution in [3.8, 4) is 0 Å². The summed E-state index contributed by atoms with van der Waals surface area (Å²) in [7, 11) is 0. The van der Waals surface area contributed by atoms with Crippen molar-refractivity contribution in [2.45, 2.75) is 77.9 Å². The highest BCUT2D eigenvalue weighted by Crippen LogP contribution is 2.19. The molecule has 0 saturated heterocycles. The zero-order valence-corrected chi connectivity index (χ0v) is 20.6. The van der Waals surface area contributed by atoms with E-state index in [-0.39, 0.29) is 5.91 Å². The molecule has 3 nitrogen and oxygen atoms in total. The maximum absolute atomic E-state index is 13.2. The van der Waals surface area contributed by atoms with Gasteiger partial charge in [0.25, 0.3) is 0 Å². The van der Waals surface area contributed by atoms with Crippen LogP contribution in [0.25, 0.3) is 0 Å². The largest absolute Gasteiger partial charge is 0.345 e. The lowest BCUT2D eigenvalue weighted by Gasteiger charge is -2.24. The molecule has 0 aliphatic rings. The van der Waals surface area contributed by atoms with E-state index in [4.69, 9.17) is 11.6 Å². The van der Waals surface area contributed by atoms with E-state index in [1.807, 2.05) is 47.4 Å². The molecule has 0 bridgehead atoms. The minimum atomic E-state index is 0.234. The zero-order valence-electron chi connectivity index (χ0n) is 19.9. The Balaban J connectivity index is 1.63. The fourth-order valence-corrected chi connectivity index (χ4v) is 4.38. The van der Waals surface area contributed by atoms with Crippen LogP contribution in [-0.2, 0) is 24.4 Å². The van der Waals surface area contributed by atoms with E-state index in [9.17, 15) is 4.79 Å². The summed E-state index contributed by atoms with van der Waals surface area (Å²) in [6.07, 6.45) is 11.2. The molecule has 1 aromatic heterocycles. The zero-order chi connectivity index (χ0) is 23.3. The molecule has 3 rings (SSSR count). The summed E-state index contributed by atoms with van der Waals surface area (Å²) in [5, 5.41) is 0.772. The predicted octanol–water partition coefficient (Wildman–Crippen LogP) is 7.86. The Morgan fingerprint density at radius 2 is 1.52 bits per heavy atom. The van der Waals surface area contributed by atoms with Gasteiger partial charge in [-0.1, -0.05) is 106 Å². The molecule has 3 aromatic rings. The van der Waals surface area contributed by atoms with Crippen LogP contribution in [0, 0.1) is 0 Å². The molecule has 0 aliphatic heterocycles. The number of aromatic nitrogens is 1. The second-order valence-corrected chi connectivity index (χ2v) is 9.23. The molecule has 0 fully saturated rings. The Kier molecular flexibility index (Phi) is 10.6. The summed E-state index contributed by atoms with van der Waals surface area (Å²) >= 11 is 6.39. The Labute approximate surface area is 204 Å². The number of hydrogen-bond acceptors (Lipinski definition) is 1. The molecule has 1 amide bonds. The average molecular weight is 465 g/mol. The SMILES string of the molecule is CCCCCCCCCC(=O)N(Cc1ccccc1)Cc1cccn1Cc1ccccc1Cl. The predicted molar refractivity (Wildman–Crippen MR) is 138 cm³/mol. The van der Waals surface area contributed by atoms with Crippen LogP contribution in [-0.4, -0.2) is 15.4 Å². The summed E-state index contributed by atoms with van der Waals surface area (Å²) < 4.78 is 2.19. The van der Waals surface area contributed by atoms with Crippen molar-refractivity contribution in [2.75, 3.05) is 0 Å². The molecular weight excluding hydrogens is 428 g/mol. The number of rotatable bonds is 14. The highest BCUT2D eigenvalue weighted by molar-refractivity contribution is 6.31. The molecule has 0 N–H and O–H groups in total. The number of halogens is 1. The van der Waals surface area contributed by atoms with E-state index < -0.39 is 0 Å². The smallest absolute Gasteiger partial charge is 0.223 e. The van der Waals surface area contributed by atoms with Crippen LogP contribution in [0.4, 0.5) is 0 Å². The third kappa shape index (κ3) is 8.40. The Morgan fingerprint density at radius 1 is 0.818 bits per heavy atom. The lowest BCUT2D eigenvalue weighted by atomic mass is 10.1. The fourth-order valence-electron chi connectivity index (χ4n) is 4.18. The molecular formula is C29H37ClN2O. The number of carbonyl (C=O) groups excluding carboxylic acids is 1. The van der Waals surface area contributed by atoms with E-state index in [1.54, 1.807) is 0 Å². The van der Waals surface area contributed by atoms with Crippen molar-refractivity contribution in [1.29, 1.82) is 0 Å². The highest BCUT2D eigenvalue weighted by atomic mass is 35.5. The summed E-state index contributed by atoms with van der Waals surface area (Å²) in [5.74, 6) is 0.234. The fraction of sp³-hybridized carbons (Fsp3) is 0.414. The molecule has 0 saturated carbocycles. The third-order valence-corrected chi connectivity index (χ3v) is 6.51. The number of unbranched alkanes of at least 4 members (excludes halogenated alkanes) is 6. The van der Waals surface area contributed by atoms with Crippen LogP contribution in [0.2, 0.25) is 5.02 Å². The van der Waals surface area contributed by atoms with E-state index in [0.717, 1.165) is 34.7 Å². The van der Waals surface area contributed by atoms with Gasteiger partial charge < -0.3 is 9.47 Å². The summed E-state index contributed by atoms with van der Waals surface area (Å²) in [6.45, 7) is 4.17. The Hall–Kier alpha value is -2.52. The minimum Gasteiger partial charge on any atom is -0.345 e. The van der Waals surface area contributed by atoms with Gasteiger partial charge in [0.1, 0.15) is 0 Å². The second kappa shape index (κ2) is 13.9. The standard InChI is InChI=1S/C29H37ClN2O/c1-2-3-4-5-6-7-11-20-29(33)32(22-25-15-9-8-10-16-25)24-27-18-14-21-31(27)23-26-17-12-13-19-28(26)30/h8-10,12-19,21H,2-7,11,20,22-24H2,1H3. The lowest BCUT2D eigenvalue weighted by Crippen LogP contribution is -2.30. The van der Waals surface area contributed by atoms with Crippen LogP contribution in [0.3, 0.4) is 0 Å². The van der Waals surface area contributed by atoms with E-state index in [1.165, 1.54) is 32.1 Å². The lowest BCUT2D eigenvalue weighted by molar-refractivity contribution is -0.132. The first kappa shape index (κ1) is 25.1. The van der Waals surface area contributed by atoms with Gasteiger partial charge in [-0.25, -0.2) is 0 Å². The molecule has 0 radical (unpaired) electrons. The van der Waals surface area contributed by atoms with Crippen LogP contribution in [0.1, 0.15) is 75.1 Å². The van der Waals surface area contributed by atoms with Crippen molar-refractivity contribution < 1.29 is 4.79 Å². The van der Waals surface area contributed by atoms with Crippen LogP contribution in [0.5, 0.6) is 0 Å². The molecule has 176 valence electrons. The number of hydrogen-bond donors (Lipinski definition) is 0. The molecule has 1 heterocycles. The van der Waals surface area contributed by atoms with Crippen LogP contribution in [0.15, 0.2) is 72.9 Å².